The van der Waals surface area contributed by atoms with E-state index in [1.807, 2.05) is 6.92 Å². The fourth-order valence-electron chi connectivity index (χ4n) is 1.81. The lowest BCUT2D eigenvalue weighted by Gasteiger charge is -2.27. The zero-order valence-corrected chi connectivity index (χ0v) is 11.8. The van der Waals surface area contributed by atoms with Crippen molar-refractivity contribution < 1.29 is 14.6 Å². The van der Waals surface area contributed by atoms with E-state index in [0.29, 0.717) is 6.61 Å². The van der Waals surface area contributed by atoms with Crippen molar-refractivity contribution in [3.8, 4) is 0 Å². The van der Waals surface area contributed by atoms with Crippen molar-refractivity contribution in [3.63, 3.8) is 0 Å². The van der Waals surface area contributed by atoms with Crippen LogP contribution in [0.15, 0.2) is 0 Å². The molecule has 2 atom stereocenters. The Hall–Kier alpha value is -0.570. The van der Waals surface area contributed by atoms with E-state index in [0.717, 1.165) is 12.8 Å². The highest BCUT2D eigenvalue weighted by atomic mass is 16.5. The Bertz CT molecular complexity index is 212. The molecule has 0 aromatic carbocycles. The summed E-state index contributed by atoms with van der Waals surface area (Å²) in [5.74, 6) is -0.552. The maximum absolute atomic E-state index is 11.6. The van der Waals surface area contributed by atoms with Crippen LogP contribution in [0.5, 0.6) is 0 Å². The smallest absolute Gasteiger partial charge is 0.338 e. The van der Waals surface area contributed by atoms with Gasteiger partial charge in [0.1, 0.15) is 0 Å². The third kappa shape index (κ3) is 6.06. The van der Waals surface area contributed by atoms with Gasteiger partial charge in [0.2, 0.25) is 0 Å². The Morgan fingerprint density at radius 2 is 1.82 bits per heavy atom. The molecular weight excluding hydrogens is 216 g/mol. The third-order valence-corrected chi connectivity index (χ3v) is 3.39. The summed E-state index contributed by atoms with van der Waals surface area (Å²) >= 11 is 0. The number of aliphatic hydroxyl groups is 1. The predicted octanol–water partition coefficient (Wildman–Crippen LogP) is 3.30. The standard InChI is InChI=1S/C14H28O3/c1-5-7-8-9-10-11-12(3)14(4,16)13(15)17-6-2/h12,16H,5-11H2,1-4H3. The molecule has 0 amide bonds. The van der Waals surface area contributed by atoms with Crippen molar-refractivity contribution >= 4 is 5.97 Å². The lowest BCUT2D eigenvalue weighted by atomic mass is 9.86. The fourth-order valence-corrected chi connectivity index (χ4v) is 1.81. The molecule has 0 heterocycles. The molecule has 3 heteroatoms. The van der Waals surface area contributed by atoms with Crippen LogP contribution in [0.3, 0.4) is 0 Å². The first-order chi connectivity index (χ1) is 7.96. The Kier molecular flexibility index (Phi) is 8.23. The van der Waals surface area contributed by atoms with Crippen molar-refractivity contribution in [3.05, 3.63) is 0 Å². The first-order valence-corrected chi connectivity index (χ1v) is 6.86. The molecule has 0 aliphatic carbocycles. The van der Waals surface area contributed by atoms with Gasteiger partial charge in [-0.15, -0.1) is 0 Å². The second kappa shape index (κ2) is 8.51. The van der Waals surface area contributed by atoms with Gasteiger partial charge in [-0.25, -0.2) is 4.79 Å². The number of carbonyl (C=O) groups excluding carboxylic acids is 1. The molecule has 1 N–H and O–H groups in total. The molecule has 102 valence electrons. The van der Waals surface area contributed by atoms with Crippen molar-refractivity contribution in [1.29, 1.82) is 0 Å². The molecule has 0 saturated carbocycles. The summed E-state index contributed by atoms with van der Waals surface area (Å²) in [6.07, 6.45) is 6.85. The molecule has 0 aromatic rings. The van der Waals surface area contributed by atoms with Gasteiger partial charge in [-0.1, -0.05) is 46.0 Å². The fraction of sp³-hybridized carbons (Fsp3) is 0.929. The van der Waals surface area contributed by atoms with E-state index >= 15 is 0 Å². The van der Waals surface area contributed by atoms with Crippen LogP contribution in [0.25, 0.3) is 0 Å². The number of unbranched alkanes of at least 4 members (excludes halogenated alkanes) is 4. The van der Waals surface area contributed by atoms with Gasteiger partial charge in [0.15, 0.2) is 5.60 Å². The highest BCUT2D eigenvalue weighted by Crippen LogP contribution is 2.24. The van der Waals surface area contributed by atoms with Gasteiger partial charge >= 0.3 is 5.97 Å². The van der Waals surface area contributed by atoms with E-state index in [2.05, 4.69) is 6.92 Å². The maximum atomic E-state index is 11.6. The molecular formula is C14H28O3. The van der Waals surface area contributed by atoms with E-state index in [-0.39, 0.29) is 5.92 Å². The SMILES string of the molecule is CCCCCCCC(C)C(C)(O)C(=O)OCC. The molecule has 0 radical (unpaired) electrons. The van der Waals surface area contributed by atoms with Crippen LogP contribution in [0.2, 0.25) is 0 Å². The summed E-state index contributed by atoms with van der Waals surface area (Å²) in [7, 11) is 0. The van der Waals surface area contributed by atoms with Crippen molar-refractivity contribution in [1.82, 2.24) is 0 Å². The van der Waals surface area contributed by atoms with Crippen molar-refractivity contribution in [2.75, 3.05) is 6.61 Å². The Balaban J connectivity index is 3.94. The van der Waals surface area contributed by atoms with Crippen LogP contribution in [0.1, 0.15) is 66.2 Å². The largest absolute Gasteiger partial charge is 0.464 e. The van der Waals surface area contributed by atoms with Gasteiger partial charge in [-0.2, -0.15) is 0 Å². The van der Waals surface area contributed by atoms with Gasteiger partial charge in [0.25, 0.3) is 0 Å². The van der Waals surface area contributed by atoms with Gasteiger partial charge < -0.3 is 9.84 Å². The number of rotatable bonds is 9. The monoisotopic (exact) mass is 244 g/mol. The molecule has 0 bridgehead atoms. The van der Waals surface area contributed by atoms with E-state index in [9.17, 15) is 9.90 Å². The first kappa shape index (κ1) is 16.4. The molecule has 2 unspecified atom stereocenters. The van der Waals surface area contributed by atoms with Crippen molar-refractivity contribution in [2.45, 2.75) is 71.8 Å². The molecule has 0 rings (SSSR count). The third-order valence-electron chi connectivity index (χ3n) is 3.39. The highest BCUT2D eigenvalue weighted by Gasteiger charge is 2.37. The molecule has 0 fully saturated rings. The molecule has 0 aliphatic rings. The number of hydrogen-bond donors (Lipinski definition) is 1. The number of carbonyl (C=O) groups is 1. The Morgan fingerprint density at radius 3 is 2.35 bits per heavy atom. The molecule has 0 saturated heterocycles. The van der Waals surface area contributed by atoms with Gasteiger partial charge in [0.05, 0.1) is 6.61 Å². The minimum Gasteiger partial charge on any atom is -0.464 e. The molecule has 0 aromatic heterocycles. The summed E-state index contributed by atoms with van der Waals surface area (Å²) in [6.45, 7) is 7.73. The second-order valence-corrected chi connectivity index (χ2v) is 4.97. The minimum atomic E-state index is -1.35. The van der Waals surface area contributed by atoms with Crippen LogP contribution in [-0.4, -0.2) is 23.3 Å². The highest BCUT2D eigenvalue weighted by molar-refractivity contribution is 5.79. The first-order valence-electron chi connectivity index (χ1n) is 6.86. The van der Waals surface area contributed by atoms with E-state index in [4.69, 9.17) is 4.74 Å². The van der Waals surface area contributed by atoms with E-state index in [1.165, 1.54) is 25.7 Å². The summed E-state index contributed by atoms with van der Waals surface area (Å²) in [5, 5.41) is 10.1. The van der Waals surface area contributed by atoms with Crippen molar-refractivity contribution in [2.24, 2.45) is 5.92 Å². The average Bonchev–Trinajstić information content (AvgIpc) is 2.28. The number of ether oxygens (including phenoxy) is 1. The van der Waals surface area contributed by atoms with Gasteiger partial charge in [-0.3, -0.25) is 0 Å². The quantitative estimate of drug-likeness (QED) is 0.500. The minimum absolute atomic E-state index is 0.0526. The van der Waals surface area contributed by atoms with E-state index in [1.54, 1.807) is 13.8 Å². The zero-order chi connectivity index (χ0) is 13.3. The molecule has 17 heavy (non-hydrogen) atoms. The van der Waals surface area contributed by atoms with Crippen LogP contribution >= 0.6 is 0 Å². The average molecular weight is 244 g/mol. The molecule has 3 nitrogen and oxygen atoms in total. The number of hydrogen-bond acceptors (Lipinski definition) is 3. The summed E-state index contributed by atoms with van der Waals surface area (Å²) in [5.41, 5.74) is -1.35. The normalized spacial score (nSPS) is 16.3. The maximum Gasteiger partial charge on any atom is 0.338 e. The predicted molar refractivity (Wildman–Crippen MR) is 69.8 cm³/mol. The summed E-state index contributed by atoms with van der Waals surface area (Å²) in [6, 6.07) is 0. The zero-order valence-electron chi connectivity index (χ0n) is 11.8. The summed E-state index contributed by atoms with van der Waals surface area (Å²) < 4.78 is 4.88. The van der Waals surface area contributed by atoms with Crippen LogP contribution in [0, 0.1) is 5.92 Å². The van der Waals surface area contributed by atoms with Gasteiger partial charge in [-0.05, 0) is 26.2 Å². The molecule has 0 spiro atoms. The van der Waals surface area contributed by atoms with E-state index < -0.39 is 11.6 Å². The van der Waals surface area contributed by atoms with Crippen LogP contribution in [-0.2, 0) is 9.53 Å². The lowest BCUT2D eigenvalue weighted by Crippen LogP contribution is -2.43. The number of esters is 1. The Morgan fingerprint density at radius 1 is 1.24 bits per heavy atom. The van der Waals surface area contributed by atoms with Crippen LogP contribution in [0.4, 0.5) is 0 Å². The molecule has 0 aliphatic heterocycles. The van der Waals surface area contributed by atoms with Gasteiger partial charge in [0, 0.05) is 0 Å². The topological polar surface area (TPSA) is 46.5 Å². The second-order valence-electron chi connectivity index (χ2n) is 4.97. The lowest BCUT2D eigenvalue weighted by molar-refractivity contribution is -0.168. The Labute approximate surface area is 106 Å². The summed E-state index contributed by atoms with van der Waals surface area (Å²) in [4.78, 5) is 11.6. The van der Waals surface area contributed by atoms with Crippen LogP contribution < -0.4 is 0 Å².